The van der Waals surface area contributed by atoms with Gasteiger partial charge in [0.15, 0.2) is 9.84 Å². The lowest BCUT2D eigenvalue weighted by Gasteiger charge is -2.08. The third-order valence-electron chi connectivity index (χ3n) is 4.77. The number of hydrogen-bond acceptors (Lipinski definition) is 6. The number of hydrogen-bond donors (Lipinski definition) is 0. The number of halogens is 2. The molecule has 4 aromatic rings. The minimum atomic E-state index is -3.99. The summed E-state index contributed by atoms with van der Waals surface area (Å²) in [5.41, 5.74) is 1.20. The van der Waals surface area contributed by atoms with Crippen LogP contribution in [0.4, 0.5) is 8.78 Å². The zero-order chi connectivity index (χ0) is 23.8. The standard InChI is InChI=1S/C23H17F2NO4S3/c1-32(27,28)20-8-3-2-7-19(20)22-21(16-9-11-17(24)12-10-16)26-23(31-22)33(29,30)14-15-5-4-6-18(25)13-15/h2-13H,14H2,1H3. The molecule has 170 valence electrons. The van der Waals surface area contributed by atoms with Crippen LogP contribution in [0.1, 0.15) is 5.56 Å². The average molecular weight is 506 g/mol. The number of rotatable bonds is 6. The van der Waals surface area contributed by atoms with Crippen molar-refractivity contribution in [2.45, 2.75) is 15.0 Å². The predicted molar refractivity (Wildman–Crippen MR) is 123 cm³/mol. The molecule has 10 heteroatoms. The fourth-order valence-electron chi connectivity index (χ4n) is 3.30. The third-order valence-corrected chi connectivity index (χ3v) is 9.15. The number of sulfone groups is 2. The Balaban J connectivity index is 1.91. The van der Waals surface area contributed by atoms with Gasteiger partial charge in [0.2, 0.25) is 14.2 Å². The summed E-state index contributed by atoms with van der Waals surface area (Å²) in [7, 11) is -7.63. The van der Waals surface area contributed by atoms with Crippen molar-refractivity contribution in [3.63, 3.8) is 0 Å². The summed E-state index contributed by atoms with van der Waals surface area (Å²) in [4.78, 5) is 4.66. The monoisotopic (exact) mass is 505 g/mol. The van der Waals surface area contributed by atoms with E-state index in [4.69, 9.17) is 0 Å². The molecule has 0 saturated heterocycles. The molecule has 0 saturated carbocycles. The second kappa shape index (κ2) is 8.77. The molecule has 1 heterocycles. The van der Waals surface area contributed by atoms with Crippen molar-refractivity contribution in [1.29, 1.82) is 0 Å². The topological polar surface area (TPSA) is 81.2 Å². The lowest BCUT2D eigenvalue weighted by atomic mass is 10.1. The van der Waals surface area contributed by atoms with Crippen LogP contribution >= 0.6 is 11.3 Å². The molecular formula is C23H17F2NO4S3. The minimum absolute atomic E-state index is 0.0195. The summed E-state index contributed by atoms with van der Waals surface area (Å²) in [6.45, 7) is 0. The summed E-state index contributed by atoms with van der Waals surface area (Å²) in [6, 6.07) is 16.8. The average Bonchev–Trinajstić information content (AvgIpc) is 3.20. The van der Waals surface area contributed by atoms with Gasteiger partial charge in [-0.25, -0.2) is 30.6 Å². The maximum Gasteiger partial charge on any atom is 0.210 e. The van der Waals surface area contributed by atoms with Gasteiger partial charge >= 0.3 is 0 Å². The van der Waals surface area contributed by atoms with Crippen molar-refractivity contribution in [3.8, 4) is 21.7 Å². The van der Waals surface area contributed by atoms with Crippen molar-refractivity contribution in [2.24, 2.45) is 0 Å². The van der Waals surface area contributed by atoms with Gasteiger partial charge in [0.1, 0.15) is 11.6 Å². The SMILES string of the molecule is CS(=O)(=O)c1ccccc1-c1sc(S(=O)(=O)Cc2cccc(F)c2)nc1-c1ccc(F)cc1. The van der Waals surface area contributed by atoms with E-state index in [-0.39, 0.29) is 20.5 Å². The van der Waals surface area contributed by atoms with Gasteiger partial charge in [-0.05, 0) is 48.0 Å². The Morgan fingerprint density at radius 3 is 2.21 bits per heavy atom. The highest BCUT2D eigenvalue weighted by atomic mass is 32.2. The van der Waals surface area contributed by atoms with Crippen LogP contribution in [0.5, 0.6) is 0 Å². The van der Waals surface area contributed by atoms with Crippen molar-refractivity contribution in [2.75, 3.05) is 6.26 Å². The van der Waals surface area contributed by atoms with E-state index in [1.807, 2.05) is 0 Å². The second-order valence-electron chi connectivity index (χ2n) is 7.32. The molecule has 0 spiro atoms. The number of nitrogens with zero attached hydrogens (tertiary/aromatic N) is 1. The highest BCUT2D eigenvalue weighted by Gasteiger charge is 2.27. The van der Waals surface area contributed by atoms with E-state index < -0.39 is 37.1 Å². The molecule has 0 unspecified atom stereocenters. The molecule has 0 aliphatic heterocycles. The Hall–Kier alpha value is -2.95. The Labute approximate surface area is 194 Å². The van der Waals surface area contributed by atoms with Crippen LogP contribution in [0.2, 0.25) is 0 Å². The van der Waals surface area contributed by atoms with Crippen LogP contribution in [0.3, 0.4) is 0 Å². The molecular weight excluding hydrogens is 488 g/mol. The molecule has 0 bridgehead atoms. The summed E-state index contributed by atoms with van der Waals surface area (Å²) in [6.07, 6.45) is 1.06. The van der Waals surface area contributed by atoms with Crippen LogP contribution in [0.25, 0.3) is 21.7 Å². The molecule has 0 atom stereocenters. The van der Waals surface area contributed by atoms with Gasteiger partial charge < -0.3 is 0 Å². The molecule has 0 fully saturated rings. The van der Waals surface area contributed by atoms with E-state index in [1.54, 1.807) is 18.2 Å². The second-order valence-corrected chi connectivity index (χ2v) is 12.5. The van der Waals surface area contributed by atoms with Gasteiger partial charge in [-0.2, -0.15) is 0 Å². The Morgan fingerprint density at radius 2 is 1.55 bits per heavy atom. The minimum Gasteiger partial charge on any atom is -0.224 e. The summed E-state index contributed by atoms with van der Waals surface area (Å²) in [5.74, 6) is -1.52. The quantitative estimate of drug-likeness (QED) is 0.363. The van der Waals surface area contributed by atoms with E-state index in [1.165, 1.54) is 48.5 Å². The van der Waals surface area contributed by atoms with Crippen molar-refractivity contribution in [3.05, 3.63) is 90.0 Å². The van der Waals surface area contributed by atoms with Crippen LogP contribution < -0.4 is 0 Å². The lowest BCUT2D eigenvalue weighted by Crippen LogP contribution is -2.04. The molecule has 33 heavy (non-hydrogen) atoms. The maximum atomic E-state index is 13.5. The normalized spacial score (nSPS) is 12.1. The first-order valence-electron chi connectivity index (χ1n) is 9.58. The first-order valence-corrected chi connectivity index (χ1v) is 13.9. The highest BCUT2D eigenvalue weighted by Crippen LogP contribution is 2.41. The van der Waals surface area contributed by atoms with Gasteiger partial charge in [0, 0.05) is 17.4 Å². The zero-order valence-electron chi connectivity index (χ0n) is 17.2. The van der Waals surface area contributed by atoms with Crippen molar-refractivity contribution in [1.82, 2.24) is 4.98 Å². The van der Waals surface area contributed by atoms with Crippen LogP contribution in [0, 0.1) is 11.6 Å². The molecule has 3 aromatic carbocycles. The lowest BCUT2D eigenvalue weighted by molar-refractivity contribution is 0.593. The summed E-state index contributed by atoms with van der Waals surface area (Å²) >= 11 is 0.821. The van der Waals surface area contributed by atoms with E-state index >= 15 is 0 Å². The van der Waals surface area contributed by atoms with Crippen molar-refractivity contribution >= 4 is 31.0 Å². The number of thiazole rings is 1. The van der Waals surface area contributed by atoms with Gasteiger partial charge in [0.05, 0.1) is 21.2 Å². The van der Waals surface area contributed by atoms with Crippen LogP contribution in [0.15, 0.2) is 82.0 Å². The highest BCUT2D eigenvalue weighted by molar-refractivity contribution is 7.92. The first-order chi connectivity index (χ1) is 15.5. The molecule has 4 rings (SSSR count). The molecule has 0 aliphatic rings. The maximum absolute atomic E-state index is 13.5. The molecule has 5 nitrogen and oxygen atoms in total. The summed E-state index contributed by atoms with van der Waals surface area (Å²) in [5, 5.41) is 0. The fourth-order valence-corrected chi connectivity index (χ4v) is 7.03. The van der Waals surface area contributed by atoms with Gasteiger partial charge in [-0.15, -0.1) is 11.3 Å². The number of aromatic nitrogens is 1. The van der Waals surface area contributed by atoms with E-state index in [0.29, 0.717) is 16.0 Å². The van der Waals surface area contributed by atoms with Crippen LogP contribution in [-0.4, -0.2) is 28.1 Å². The smallest absolute Gasteiger partial charge is 0.210 e. The Morgan fingerprint density at radius 1 is 0.848 bits per heavy atom. The van der Waals surface area contributed by atoms with E-state index in [9.17, 15) is 25.6 Å². The predicted octanol–water partition coefficient (Wildman–Crippen LogP) is 5.13. The first kappa shape index (κ1) is 23.2. The number of benzene rings is 3. The molecule has 1 aromatic heterocycles. The van der Waals surface area contributed by atoms with Gasteiger partial charge in [0.25, 0.3) is 0 Å². The van der Waals surface area contributed by atoms with Crippen molar-refractivity contribution < 1.29 is 25.6 Å². The summed E-state index contributed by atoms with van der Waals surface area (Å²) < 4.78 is 77.8. The molecule has 0 N–H and O–H groups in total. The third kappa shape index (κ3) is 5.02. The Bertz CT molecular complexity index is 1540. The fraction of sp³-hybridized carbons (Fsp3) is 0.0870. The van der Waals surface area contributed by atoms with Gasteiger partial charge in [-0.1, -0.05) is 30.3 Å². The largest absolute Gasteiger partial charge is 0.224 e. The van der Waals surface area contributed by atoms with E-state index in [2.05, 4.69) is 4.98 Å². The Kier molecular flexibility index (Phi) is 6.17. The van der Waals surface area contributed by atoms with E-state index in [0.717, 1.165) is 23.7 Å². The van der Waals surface area contributed by atoms with Gasteiger partial charge in [-0.3, -0.25) is 0 Å². The molecule has 0 amide bonds. The molecule has 0 radical (unpaired) electrons. The van der Waals surface area contributed by atoms with Crippen LogP contribution in [-0.2, 0) is 25.4 Å². The zero-order valence-corrected chi connectivity index (χ0v) is 19.6. The molecule has 0 aliphatic carbocycles.